The van der Waals surface area contributed by atoms with Crippen LogP contribution in [0.5, 0.6) is 0 Å². The molecule has 0 atom stereocenters. The van der Waals surface area contributed by atoms with Crippen LogP contribution in [0.4, 0.5) is 0 Å². The maximum Gasteiger partial charge on any atom is 0.333 e. The Kier molecular flexibility index (Phi) is 6.66. The van der Waals surface area contributed by atoms with Gasteiger partial charge < -0.3 is 10.1 Å². The van der Waals surface area contributed by atoms with Gasteiger partial charge in [-0.3, -0.25) is 0 Å². The van der Waals surface area contributed by atoms with Crippen LogP contribution in [0.25, 0.3) is 0 Å². The van der Waals surface area contributed by atoms with Gasteiger partial charge in [0.05, 0.1) is 13.7 Å². The van der Waals surface area contributed by atoms with Crippen LogP contribution < -0.4 is 5.32 Å². The number of ether oxygens (including phenoxy) is 1. The molecule has 3 nitrogen and oxygen atoms in total. The first-order chi connectivity index (χ1) is 6.22. The second-order valence-corrected chi connectivity index (χ2v) is 2.44. The van der Waals surface area contributed by atoms with Crippen molar-refractivity contribution >= 4 is 5.97 Å². The smallest absolute Gasteiger partial charge is 0.333 e. The van der Waals surface area contributed by atoms with E-state index >= 15 is 0 Å². The molecular formula is C10H15NO2. The molecule has 0 fully saturated rings. The third-order valence-electron chi connectivity index (χ3n) is 1.45. The molecule has 0 spiro atoms. The van der Waals surface area contributed by atoms with E-state index in [4.69, 9.17) is 0 Å². The molecular weight excluding hydrogens is 166 g/mol. The van der Waals surface area contributed by atoms with E-state index in [9.17, 15) is 4.79 Å². The zero-order valence-corrected chi connectivity index (χ0v) is 8.31. The molecule has 0 saturated heterocycles. The maximum atomic E-state index is 10.9. The van der Waals surface area contributed by atoms with E-state index in [1.165, 1.54) is 7.11 Å². The molecule has 0 radical (unpaired) electrons. The summed E-state index contributed by atoms with van der Waals surface area (Å²) < 4.78 is 4.53. The zero-order chi connectivity index (χ0) is 10.1. The van der Waals surface area contributed by atoms with Crippen LogP contribution in [0.1, 0.15) is 13.8 Å². The summed E-state index contributed by atoms with van der Waals surface area (Å²) in [6.45, 7) is 4.79. The van der Waals surface area contributed by atoms with Crippen LogP contribution in [-0.4, -0.2) is 26.2 Å². The molecule has 0 unspecified atom stereocenters. The molecule has 0 aliphatic heterocycles. The van der Waals surface area contributed by atoms with Gasteiger partial charge in [-0.1, -0.05) is 12.0 Å². The Morgan fingerprint density at radius 2 is 2.31 bits per heavy atom. The fourth-order valence-electron chi connectivity index (χ4n) is 0.693. The monoisotopic (exact) mass is 181 g/mol. The summed E-state index contributed by atoms with van der Waals surface area (Å²) in [5.74, 6) is 5.34. The van der Waals surface area contributed by atoms with Gasteiger partial charge in [-0.05, 0) is 13.8 Å². The lowest BCUT2D eigenvalue weighted by atomic mass is 10.3. The van der Waals surface area contributed by atoms with E-state index in [1.54, 1.807) is 19.9 Å². The van der Waals surface area contributed by atoms with E-state index in [0.717, 1.165) is 0 Å². The number of hydrogen-bond donors (Lipinski definition) is 1. The molecule has 0 rings (SSSR count). The third-order valence-corrected chi connectivity index (χ3v) is 1.45. The van der Waals surface area contributed by atoms with Crippen molar-refractivity contribution in [2.24, 2.45) is 0 Å². The SMILES string of the molecule is CC#CCNCC=C(C)C(=O)OC. The van der Waals surface area contributed by atoms with Crippen LogP contribution in [-0.2, 0) is 9.53 Å². The molecule has 0 aromatic carbocycles. The van der Waals surface area contributed by atoms with Crippen molar-refractivity contribution < 1.29 is 9.53 Å². The summed E-state index contributed by atoms with van der Waals surface area (Å²) in [6, 6.07) is 0. The van der Waals surface area contributed by atoms with E-state index < -0.39 is 0 Å². The van der Waals surface area contributed by atoms with Gasteiger partial charge in [0.1, 0.15) is 0 Å². The molecule has 0 bridgehead atoms. The van der Waals surface area contributed by atoms with Gasteiger partial charge in [0.2, 0.25) is 0 Å². The highest BCUT2D eigenvalue weighted by Crippen LogP contribution is 1.93. The summed E-state index contributed by atoms with van der Waals surface area (Å²) in [5.41, 5.74) is 0.611. The number of nitrogens with one attached hydrogen (secondary N) is 1. The minimum Gasteiger partial charge on any atom is -0.466 e. The molecule has 0 amide bonds. The first kappa shape index (κ1) is 11.7. The quantitative estimate of drug-likeness (QED) is 0.300. The van der Waals surface area contributed by atoms with Crippen molar-refractivity contribution in [2.45, 2.75) is 13.8 Å². The molecule has 72 valence electrons. The zero-order valence-electron chi connectivity index (χ0n) is 8.31. The lowest BCUT2D eigenvalue weighted by Gasteiger charge is -1.98. The summed E-state index contributed by atoms with van der Waals surface area (Å²) in [6.07, 6.45) is 1.78. The molecule has 0 heterocycles. The summed E-state index contributed by atoms with van der Waals surface area (Å²) in [5, 5.41) is 3.04. The molecule has 13 heavy (non-hydrogen) atoms. The molecule has 1 N–H and O–H groups in total. The molecule has 0 aromatic rings. The highest BCUT2D eigenvalue weighted by molar-refractivity contribution is 5.87. The van der Waals surface area contributed by atoms with Gasteiger partial charge in [-0.2, -0.15) is 0 Å². The first-order valence-electron chi connectivity index (χ1n) is 4.07. The standard InChI is InChI=1S/C10H15NO2/c1-4-5-7-11-8-6-9(2)10(12)13-3/h6,11H,7-8H2,1-3H3. The van der Waals surface area contributed by atoms with Crippen LogP contribution in [0, 0.1) is 11.8 Å². The maximum absolute atomic E-state index is 10.9. The van der Waals surface area contributed by atoms with Gasteiger partial charge in [0.25, 0.3) is 0 Å². The third kappa shape index (κ3) is 5.94. The number of hydrogen-bond acceptors (Lipinski definition) is 3. The molecule has 0 aromatic heterocycles. The minimum atomic E-state index is -0.289. The molecule has 3 heteroatoms. The lowest BCUT2D eigenvalue weighted by Crippen LogP contribution is -2.15. The Balaban J connectivity index is 3.69. The number of carbonyl (C=O) groups is 1. The minimum absolute atomic E-state index is 0.289. The predicted octanol–water partition coefficient (Wildman–Crippen LogP) is 0.719. The van der Waals surface area contributed by atoms with E-state index in [1.807, 2.05) is 0 Å². The largest absolute Gasteiger partial charge is 0.466 e. The van der Waals surface area contributed by atoms with Crippen LogP contribution >= 0.6 is 0 Å². The summed E-state index contributed by atoms with van der Waals surface area (Å²) in [7, 11) is 1.37. The van der Waals surface area contributed by atoms with Gasteiger partial charge >= 0.3 is 5.97 Å². The van der Waals surface area contributed by atoms with Crippen molar-refractivity contribution in [1.29, 1.82) is 0 Å². The van der Waals surface area contributed by atoms with Crippen molar-refractivity contribution in [2.75, 3.05) is 20.2 Å². The molecule has 0 aliphatic carbocycles. The Morgan fingerprint density at radius 3 is 2.85 bits per heavy atom. The van der Waals surface area contributed by atoms with Crippen molar-refractivity contribution in [3.8, 4) is 11.8 Å². The first-order valence-corrected chi connectivity index (χ1v) is 4.07. The average Bonchev–Trinajstić information content (AvgIpc) is 2.16. The van der Waals surface area contributed by atoms with Gasteiger partial charge in [0.15, 0.2) is 0 Å². The van der Waals surface area contributed by atoms with E-state index in [0.29, 0.717) is 18.7 Å². The van der Waals surface area contributed by atoms with Crippen molar-refractivity contribution in [3.05, 3.63) is 11.6 Å². The summed E-state index contributed by atoms with van der Waals surface area (Å²) >= 11 is 0. The number of esters is 1. The predicted molar refractivity (Wildman–Crippen MR) is 52.1 cm³/mol. The van der Waals surface area contributed by atoms with E-state index in [-0.39, 0.29) is 5.97 Å². The highest BCUT2D eigenvalue weighted by atomic mass is 16.5. The van der Waals surface area contributed by atoms with Crippen LogP contribution in [0.3, 0.4) is 0 Å². The van der Waals surface area contributed by atoms with Crippen LogP contribution in [0.2, 0.25) is 0 Å². The normalized spacial score (nSPS) is 10.2. The van der Waals surface area contributed by atoms with Crippen LogP contribution in [0.15, 0.2) is 11.6 Å². The van der Waals surface area contributed by atoms with Crippen molar-refractivity contribution in [3.63, 3.8) is 0 Å². The number of carbonyl (C=O) groups excluding carboxylic acids is 1. The summed E-state index contributed by atoms with van der Waals surface area (Å²) in [4.78, 5) is 10.9. The van der Waals surface area contributed by atoms with Gasteiger partial charge in [0, 0.05) is 12.1 Å². The Labute approximate surface area is 79.2 Å². The Bertz CT molecular complexity index is 245. The average molecular weight is 181 g/mol. The second-order valence-electron chi connectivity index (χ2n) is 2.44. The second kappa shape index (κ2) is 7.38. The molecule has 0 saturated carbocycles. The lowest BCUT2D eigenvalue weighted by molar-refractivity contribution is -0.136. The molecule has 0 aliphatic rings. The van der Waals surface area contributed by atoms with Gasteiger partial charge in [-0.15, -0.1) is 5.92 Å². The number of rotatable bonds is 4. The highest BCUT2D eigenvalue weighted by Gasteiger charge is 2.00. The Hall–Kier alpha value is -1.27. The topological polar surface area (TPSA) is 38.3 Å². The number of methoxy groups -OCH3 is 1. The Morgan fingerprint density at radius 1 is 1.62 bits per heavy atom. The fourth-order valence-corrected chi connectivity index (χ4v) is 0.693. The van der Waals surface area contributed by atoms with Gasteiger partial charge in [-0.25, -0.2) is 4.79 Å². The van der Waals surface area contributed by atoms with Crippen molar-refractivity contribution in [1.82, 2.24) is 5.32 Å². The van der Waals surface area contributed by atoms with E-state index in [2.05, 4.69) is 21.9 Å². The fraction of sp³-hybridized carbons (Fsp3) is 0.500.